The van der Waals surface area contributed by atoms with Gasteiger partial charge in [0.05, 0.1) is 10.7 Å². The molecule has 0 aliphatic rings. The largest absolute Gasteiger partial charge is 0.323 e. The number of nitrogens with zero attached hydrogens (tertiary/aromatic N) is 1. The molecule has 50 valence electrons. The molecule has 0 aliphatic heterocycles. The van der Waals surface area contributed by atoms with E-state index in [0.29, 0.717) is 0 Å². The van der Waals surface area contributed by atoms with Crippen molar-refractivity contribution in [1.82, 2.24) is 4.98 Å². The zero-order valence-corrected chi connectivity index (χ0v) is 6.40. The average Bonchev–Trinajstić information content (AvgIpc) is 2.14. The lowest BCUT2D eigenvalue weighted by molar-refractivity contribution is 0.786. The Hall–Kier alpha value is -0.410. The molecular formula is C6H10N2S. The maximum atomic E-state index is 5.57. The van der Waals surface area contributed by atoms with Gasteiger partial charge in [-0.2, -0.15) is 0 Å². The fourth-order valence-electron chi connectivity index (χ4n) is 0.589. The molecule has 1 aromatic heterocycles. The number of rotatable bonds is 1. The summed E-state index contributed by atoms with van der Waals surface area (Å²) in [5.74, 6) is 0. The first-order valence-electron chi connectivity index (χ1n) is 2.88. The minimum atomic E-state index is 0.0787. The first kappa shape index (κ1) is 6.71. The molecule has 3 heteroatoms. The van der Waals surface area contributed by atoms with E-state index in [0.717, 1.165) is 10.7 Å². The Bertz CT molecular complexity index is 193. The molecule has 9 heavy (non-hydrogen) atoms. The van der Waals surface area contributed by atoms with E-state index in [1.165, 1.54) is 0 Å². The fourth-order valence-corrected chi connectivity index (χ4v) is 1.31. The van der Waals surface area contributed by atoms with Gasteiger partial charge in [-0.05, 0) is 13.8 Å². The lowest BCUT2D eigenvalue weighted by Crippen LogP contribution is -2.04. The van der Waals surface area contributed by atoms with Gasteiger partial charge in [0, 0.05) is 11.4 Å². The minimum Gasteiger partial charge on any atom is -0.323 e. The predicted molar refractivity (Wildman–Crippen MR) is 39.5 cm³/mol. The van der Waals surface area contributed by atoms with Gasteiger partial charge in [-0.25, -0.2) is 4.98 Å². The minimum absolute atomic E-state index is 0.0787. The van der Waals surface area contributed by atoms with E-state index in [1.54, 1.807) is 11.3 Å². The quantitative estimate of drug-likeness (QED) is 0.645. The van der Waals surface area contributed by atoms with Gasteiger partial charge in [0.25, 0.3) is 0 Å². The molecule has 2 N–H and O–H groups in total. The summed E-state index contributed by atoms with van der Waals surface area (Å²) in [5.41, 5.74) is 6.57. The molecule has 0 bridgehead atoms. The molecule has 1 aromatic rings. The lowest BCUT2D eigenvalue weighted by Gasteiger charge is -1.95. The number of hydrogen-bond acceptors (Lipinski definition) is 3. The zero-order valence-electron chi connectivity index (χ0n) is 5.59. The Labute approximate surface area is 58.7 Å². The third-order valence-corrected chi connectivity index (χ3v) is 1.90. The van der Waals surface area contributed by atoms with Gasteiger partial charge in [-0.1, -0.05) is 0 Å². The van der Waals surface area contributed by atoms with E-state index in [4.69, 9.17) is 5.73 Å². The Morgan fingerprint density at radius 3 is 2.67 bits per heavy atom. The Kier molecular flexibility index (Phi) is 1.83. The second-order valence-corrected chi connectivity index (χ2v) is 3.14. The molecule has 1 heterocycles. The van der Waals surface area contributed by atoms with Crippen molar-refractivity contribution in [2.45, 2.75) is 19.9 Å². The van der Waals surface area contributed by atoms with Crippen molar-refractivity contribution in [3.05, 3.63) is 16.1 Å². The number of hydrogen-bond donors (Lipinski definition) is 1. The maximum Gasteiger partial charge on any atom is 0.0898 e. The molecule has 0 aliphatic carbocycles. The van der Waals surface area contributed by atoms with Crippen molar-refractivity contribution in [2.75, 3.05) is 0 Å². The molecule has 1 atom stereocenters. The number of nitrogens with two attached hydrogens (primary N) is 1. The van der Waals surface area contributed by atoms with Crippen LogP contribution in [0.1, 0.15) is 23.7 Å². The Morgan fingerprint density at radius 2 is 2.44 bits per heavy atom. The normalized spacial score (nSPS) is 13.7. The first-order valence-corrected chi connectivity index (χ1v) is 3.75. The van der Waals surface area contributed by atoms with E-state index < -0.39 is 0 Å². The Morgan fingerprint density at radius 1 is 1.78 bits per heavy atom. The van der Waals surface area contributed by atoms with Gasteiger partial charge in [0.2, 0.25) is 0 Å². The summed E-state index contributed by atoms with van der Waals surface area (Å²) in [5, 5.41) is 3.09. The zero-order chi connectivity index (χ0) is 6.85. The highest BCUT2D eigenvalue weighted by atomic mass is 32.1. The summed E-state index contributed by atoms with van der Waals surface area (Å²) in [6.07, 6.45) is 0. The van der Waals surface area contributed by atoms with Crippen LogP contribution in [0.2, 0.25) is 0 Å². The highest BCUT2D eigenvalue weighted by Gasteiger charge is 2.01. The van der Waals surface area contributed by atoms with Crippen LogP contribution in [0.15, 0.2) is 5.38 Å². The van der Waals surface area contributed by atoms with E-state index in [9.17, 15) is 0 Å². The first-order chi connectivity index (χ1) is 4.20. The van der Waals surface area contributed by atoms with E-state index in [1.807, 2.05) is 19.2 Å². The van der Waals surface area contributed by atoms with Crippen molar-refractivity contribution in [2.24, 2.45) is 5.73 Å². The van der Waals surface area contributed by atoms with Gasteiger partial charge in [-0.3, -0.25) is 0 Å². The van der Waals surface area contributed by atoms with Crippen LogP contribution >= 0.6 is 11.3 Å². The van der Waals surface area contributed by atoms with Crippen LogP contribution in [-0.2, 0) is 0 Å². The summed E-state index contributed by atoms with van der Waals surface area (Å²) in [7, 11) is 0. The van der Waals surface area contributed by atoms with Crippen LogP contribution in [0.25, 0.3) is 0 Å². The monoisotopic (exact) mass is 142 g/mol. The predicted octanol–water partition coefficient (Wildman–Crippen LogP) is 1.47. The van der Waals surface area contributed by atoms with E-state index in [-0.39, 0.29) is 6.04 Å². The van der Waals surface area contributed by atoms with Crippen LogP contribution in [0.5, 0.6) is 0 Å². The maximum absolute atomic E-state index is 5.57. The SMILES string of the molecule is Cc1nc([C@@H](C)N)cs1. The van der Waals surface area contributed by atoms with Crippen LogP contribution in [0.4, 0.5) is 0 Å². The van der Waals surface area contributed by atoms with Gasteiger partial charge in [0.1, 0.15) is 0 Å². The highest BCUT2D eigenvalue weighted by Crippen LogP contribution is 2.12. The molecule has 0 unspecified atom stereocenters. The smallest absolute Gasteiger partial charge is 0.0898 e. The van der Waals surface area contributed by atoms with Crippen molar-refractivity contribution in [3.8, 4) is 0 Å². The molecule has 0 saturated heterocycles. The number of aryl methyl sites for hydroxylation is 1. The summed E-state index contributed by atoms with van der Waals surface area (Å²) < 4.78 is 0. The molecule has 0 spiro atoms. The molecule has 0 amide bonds. The van der Waals surface area contributed by atoms with Gasteiger partial charge in [-0.15, -0.1) is 11.3 Å². The van der Waals surface area contributed by atoms with Crippen LogP contribution in [0.3, 0.4) is 0 Å². The van der Waals surface area contributed by atoms with Gasteiger partial charge in [0.15, 0.2) is 0 Å². The highest BCUT2D eigenvalue weighted by molar-refractivity contribution is 7.09. The standard InChI is InChI=1S/C6H10N2S/c1-4(7)6-3-9-5(2)8-6/h3-4H,7H2,1-2H3/t4-/m1/s1. The van der Waals surface area contributed by atoms with Gasteiger partial charge < -0.3 is 5.73 Å². The van der Waals surface area contributed by atoms with E-state index >= 15 is 0 Å². The van der Waals surface area contributed by atoms with Crippen molar-refractivity contribution in [1.29, 1.82) is 0 Å². The summed E-state index contributed by atoms with van der Waals surface area (Å²) in [6.45, 7) is 3.92. The molecule has 2 nitrogen and oxygen atoms in total. The third kappa shape index (κ3) is 1.50. The van der Waals surface area contributed by atoms with Gasteiger partial charge >= 0.3 is 0 Å². The molecule has 0 aromatic carbocycles. The third-order valence-electron chi connectivity index (χ3n) is 1.10. The van der Waals surface area contributed by atoms with Crippen LogP contribution in [-0.4, -0.2) is 4.98 Å². The topological polar surface area (TPSA) is 38.9 Å². The molecule has 0 saturated carbocycles. The summed E-state index contributed by atoms with van der Waals surface area (Å²) >= 11 is 1.64. The molecule has 1 rings (SSSR count). The molecule has 0 fully saturated rings. The summed E-state index contributed by atoms with van der Waals surface area (Å²) in [4.78, 5) is 4.20. The van der Waals surface area contributed by atoms with E-state index in [2.05, 4.69) is 4.98 Å². The fraction of sp³-hybridized carbons (Fsp3) is 0.500. The van der Waals surface area contributed by atoms with Crippen LogP contribution < -0.4 is 5.73 Å². The molecule has 0 radical (unpaired) electrons. The van der Waals surface area contributed by atoms with Crippen LogP contribution in [0, 0.1) is 6.92 Å². The van der Waals surface area contributed by atoms with Crippen molar-refractivity contribution in [3.63, 3.8) is 0 Å². The van der Waals surface area contributed by atoms with Crippen molar-refractivity contribution < 1.29 is 0 Å². The molecular weight excluding hydrogens is 132 g/mol. The number of thiazole rings is 1. The van der Waals surface area contributed by atoms with Crippen molar-refractivity contribution >= 4 is 11.3 Å². The number of aromatic nitrogens is 1. The average molecular weight is 142 g/mol. The lowest BCUT2D eigenvalue weighted by atomic mass is 10.3. The Balaban J connectivity index is 2.85. The summed E-state index contributed by atoms with van der Waals surface area (Å²) in [6, 6.07) is 0.0787. The second-order valence-electron chi connectivity index (χ2n) is 2.08. The second kappa shape index (κ2) is 2.45.